The Morgan fingerprint density at radius 3 is 2.56 bits per heavy atom. The first-order chi connectivity index (χ1) is 7.63. The Hall–Kier alpha value is -0.930. The lowest BCUT2D eigenvalue weighted by molar-refractivity contribution is 0.288. The van der Waals surface area contributed by atoms with Crippen molar-refractivity contribution in [2.45, 2.75) is 31.6 Å². The molecule has 0 amide bonds. The van der Waals surface area contributed by atoms with E-state index in [1.165, 1.54) is 5.56 Å². The first kappa shape index (κ1) is 13.1. The Morgan fingerprint density at radius 2 is 2.00 bits per heavy atom. The highest BCUT2D eigenvalue weighted by molar-refractivity contribution is 7.88. The molecule has 3 heteroatoms. The van der Waals surface area contributed by atoms with Crippen molar-refractivity contribution >= 4 is 10.8 Å². The molecule has 16 heavy (non-hydrogen) atoms. The zero-order chi connectivity index (χ0) is 12.0. The molecule has 0 aliphatic carbocycles. The van der Waals surface area contributed by atoms with Crippen LogP contribution in [0.5, 0.6) is 0 Å². The van der Waals surface area contributed by atoms with Crippen LogP contribution in [-0.4, -0.2) is 15.9 Å². The van der Waals surface area contributed by atoms with Crippen molar-refractivity contribution in [3.8, 4) is 0 Å². The number of rotatable bonds is 5. The van der Waals surface area contributed by atoms with Gasteiger partial charge in [-0.25, -0.2) is 4.21 Å². The Kier molecular flexibility index (Phi) is 5.43. The maximum Gasteiger partial charge on any atom is 0.0775 e. The van der Waals surface area contributed by atoms with E-state index < -0.39 is 10.8 Å². The van der Waals surface area contributed by atoms with E-state index in [2.05, 4.69) is 0 Å². The van der Waals surface area contributed by atoms with Gasteiger partial charge in [-0.3, -0.25) is 0 Å². The predicted molar refractivity (Wildman–Crippen MR) is 67.7 cm³/mol. The minimum Gasteiger partial charge on any atom is -0.396 e. The van der Waals surface area contributed by atoms with Crippen LogP contribution in [0.1, 0.15) is 25.3 Å². The van der Waals surface area contributed by atoms with Crippen LogP contribution in [0.15, 0.2) is 40.1 Å². The molecule has 1 rings (SSSR count). The van der Waals surface area contributed by atoms with Gasteiger partial charge in [0, 0.05) is 16.9 Å². The standard InChI is InChI=1S/C13H18O2S/c1-11-5-7-13(8-6-11)16(15)10-12(2)4-3-9-14/h5-8,10,14H,3-4,9H2,1-2H3/b12-10-/t16-/m1/s1. The van der Waals surface area contributed by atoms with Gasteiger partial charge >= 0.3 is 0 Å². The lowest BCUT2D eigenvalue weighted by atomic mass is 10.2. The Bertz CT molecular complexity index is 379. The monoisotopic (exact) mass is 238 g/mol. The van der Waals surface area contributed by atoms with Gasteiger partial charge < -0.3 is 5.11 Å². The molecular weight excluding hydrogens is 220 g/mol. The van der Waals surface area contributed by atoms with Crippen molar-refractivity contribution in [3.63, 3.8) is 0 Å². The SMILES string of the molecule is C/C(=C/[S@@](=O)c1ccc(C)cc1)CCCO. The van der Waals surface area contributed by atoms with E-state index in [9.17, 15) is 4.21 Å². The molecule has 88 valence electrons. The molecule has 1 atom stereocenters. The minimum atomic E-state index is -1.07. The van der Waals surface area contributed by atoms with Gasteiger partial charge in [0.1, 0.15) is 0 Å². The van der Waals surface area contributed by atoms with Crippen LogP contribution >= 0.6 is 0 Å². The van der Waals surface area contributed by atoms with Crippen LogP contribution in [0.2, 0.25) is 0 Å². The summed E-state index contributed by atoms with van der Waals surface area (Å²) in [6, 6.07) is 7.71. The molecule has 0 saturated carbocycles. The van der Waals surface area contributed by atoms with Gasteiger partial charge in [-0.1, -0.05) is 23.3 Å². The largest absolute Gasteiger partial charge is 0.396 e. The molecule has 0 spiro atoms. The highest BCUT2D eigenvalue weighted by Gasteiger charge is 2.00. The zero-order valence-corrected chi connectivity index (χ0v) is 10.6. The molecule has 1 aromatic carbocycles. The fraction of sp³-hybridized carbons (Fsp3) is 0.385. The smallest absolute Gasteiger partial charge is 0.0775 e. The summed E-state index contributed by atoms with van der Waals surface area (Å²) in [7, 11) is -1.07. The summed E-state index contributed by atoms with van der Waals surface area (Å²) in [6.45, 7) is 4.14. The van der Waals surface area contributed by atoms with Crippen LogP contribution in [-0.2, 0) is 10.8 Å². The molecule has 0 aliphatic heterocycles. The number of aliphatic hydroxyl groups excluding tert-OH is 1. The van der Waals surface area contributed by atoms with Crippen molar-refractivity contribution in [3.05, 3.63) is 40.8 Å². The molecule has 0 unspecified atom stereocenters. The molecule has 0 fully saturated rings. The molecule has 0 radical (unpaired) electrons. The number of aliphatic hydroxyl groups is 1. The van der Waals surface area contributed by atoms with E-state index in [0.29, 0.717) is 0 Å². The second-order valence-electron chi connectivity index (χ2n) is 3.90. The van der Waals surface area contributed by atoms with Crippen molar-refractivity contribution < 1.29 is 9.32 Å². The van der Waals surface area contributed by atoms with Gasteiger partial charge in [-0.15, -0.1) is 0 Å². The minimum absolute atomic E-state index is 0.183. The molecule has 2 nitrogen and oxygen atoms in total. The molecule has 1 aromatic rings. The molecule has 0 aromatic heterocycles. The van der Waals surface area contributed by atoms with Crippen molar-refractivity contribution in [1.29, 1.82) is 0 Å². The van der Waals surface area contributed by atoms with E-state index in [4.69, 9.17) is 5.11 Å². The van der Waals surface area contributed by atoms with E-state index in [1.54, 1.807) is 5.41 Å². The zero-order valence-electron chi connectivity index (χ0n) is 9.77. The Balaban J connectivity index is 2.67. The van der Waals surface area contributed by atoms with Crippen molar-refractivity contribution in [2.75, 3.05) is 6.61 Å². The third-order valence-corrected chi connectivity index (χ3v) is 3.64. The Labute approximate surface area is 99.5 Å². The molecule has 0 aliphatic rings. The summed E-state index contributed by atoms with van der Waals surface area (Å²) in [6.07, 6.45) is 1.53. The van der Waals surface area contributed by atoms with Crippen LogP contribution in [0, 0.1) is 6.92 Å². The van der Waals surface area contributed by atoms with Gasteiger partial charge in [0.25, 0.3) is 0 Å². The van der Waals surface area contributed by atoms with Gasteiger partial charge in [0.05, 0.1) is 10.8 Å². The first-order valence-corrected chi connectivity index (χ1v) is 6.60. The molecule has 1 N–H and O–H groups in total. The average molecular weight is 238 g/mol. The Morgan fingerprint density at radius 1 is 1.38 bits per heavy atom. The highest BCUT2D eigenvalue weighted by Crippen LogP contribution is 2.12. The fourth-order valence-corrected chi connectivity index (χ4v) is 2.36. The molecule has 0 bridgehead atoms. The predicted octanol–water partition coefficient (Wildman–Crippen LogP) is 2.78. The number of benzene rings is 1. The summed E-state index contributed by atoms with van der Waals surface area (Å²) < 4.78 is 11.9. The topological polar surface area (TPSA) is 37.3 Å². The van der Waals surface area contributed by atoms with Gasteiger partial charge in [0.15, 0.2) is 0 Å². The summed E-state index contributed by atoms with van der Waals surface area (Å²) >= 11 is 0. The quantitative estimate of drug-likeness (QED) is 0.856. The average Bonchev–Trinajstić information content (AvgIpc) is 2.27. The number of allylic oxidation sites excluding steroid dienone is 1. The highest BCUT2D eigenvalue weighted by atomic mass is 32.2. The van der Waals surface area contributed by atoms with Crippen molar-refractivity contribution in [1.82, 2.24) is 0 Å². The molecular formula is C13H18O2S. The normalized spacial score (nSPS) is 13.8. The third kappa shape index (κ3) is 4.29. The van der Waals surface area contributed by atoms with Gasteiger partial charge in [0.2, 0.25) is 0 Å². The van der Waals surface area contributed by atoms with Crippen LogP contribution < -0.4 is 0 Å². The van der Waals surface area contributed by atoms with Crippen LogP contribution in [0.4, 0.5) is 0 Å². The van der Waals surface area contributed by atoms with E-state index in [1.807, 2.05) is 38.1 Å². The lowest BCUT2D eigenvalue weighted by Crippen LogP contribution is -1.90. The van der Waals surface area contributed by atoms with Gasteiger partial charge in [-0.2, -0.15) is 0 Å². The van der Waals surface area contributed by atoms with E-state index in [-0.39, 0.29) is 6.61 Å². The van der Waals surface area contributed by atoms with Gasteiger partial charge in [-0.05, 0) is 38.8 Å². The number of aryl methyl sites for hydroxylation is 1. The summed E-state index contributed by atoms with van der Waals surface area (Å²) in [5.41, 5.74) is 2.23. The van der Waals surface area contributed by atoms with E-state index in [0.717, 1.165) is 23.3 Å². The number of hydrogen-bond donors (Lipinski definition) is 1. The van der Waals surface area contributed by atoms with E-state index >= 15 is 0 Å². The van der Waals surface area contributed by atoms with Crippen LogP contribution in [0.3, 0.4) is 0 Å². The van der Waals surface area contributed by atoms with Crippen molar-refractivity contribution in [2.24, 2.45) is 0 Å². The third-order valence-electron chi connectivity index (χ3n) is 2.29. The summed E-state index contributed by atoms with van der Waals surface area (Å²) in [5.74, 6) is 0. The second-order valence-corrected chi connectivity index (χ2v) is 5.20. The maximum atomic E-state index is 11.9. The summed E-state index contributed by atoms with van der Waals surface area (Å²) in [5, 5.41) is 10.5. The molecule has 0 heterocycles. The number of hydrogen-bond acceptors (Lipinski definition) is 2. The fourth-order valence-electron chi connectivity index (χ4n) is 1.34. The maximum absolute atomic E-state index is 11.9. The first-order valence-electron chi connectivity index (χ1n) is 5.39. The van der Waals surface area contributed by atoms with Crippen LogP contribution in [0.25, 0.3) is 0 Å². The second kappa shape index (κ2) is 6.61. The summed E-state index contributed by atoms with van der Waals surface area (Å²) in [4.78, 5) is 0.828. The lowest BCUT2D eigenvalue weighted by Gasteiger charge is -2.01. The molecule has 0 saturated heterocycles.